The van der Waals surface area contributed by atoms with E-state index in [0.717, 1.165) is 23.9 Å². The third-order valence-corrected chi connectivity index (χ3v) is 3.28. The highest BCUT2D eigenvalue weighted by Crippen LogP contribution is 2.17. The molecular formula is C13H20BrN3O. The lowest BCUT2D eigenvalue weighted by atomic mass is 10.1. The third kappa shape index (κ3) is 5.51. The quantitative estimate of drug-likeness (QED) is 0.238. The van der Waals surface area contributed by atoms with Crippen LogP contribution in [0.3, 0.4) is 0 Å². The summed E-state index contributed by atoms with van der Waals surface area (Å²) in [6.07, 6.45) is 2.58. The highest BCUT2D eigenvalue weighted by atomic mass is 79.9. The molecule has 0 heterocycles. The van der Waals surface area contributed by atoms with Gasteiger partial charge in [0.05, 0.1) is 0 Å². The molecular weight excluding hydrogens is 294 g/mol. The van der Waals surface area contributed by atoms with Crippen molar-refractivity contribution >= 4 is 21.8 Å². The maximum atomic E-state index is 8.40. The number of nitrogens with zero attached hydrogens (tertiary/aromatic N) is 1. The van der Waals surface area contributed by atoms with Crippen LogP contribution in [0.5, 0.6) is 0 Å². The average molecular weight is 314 g/mol. The van der Waals surface area contributed by atoms with E-state index < -0.39 is 0 Å². The number of halogens is 1. The highest BCUT2D eigenvalue weighted by Gasteiger charge is 2.04. The zero-order chi connectivity index (χ0) is 13.4. The first-order valence-electron chi connectivity index (χ1n) is 6.08. The Morgan fingerprint density at radius 1 is 1.50 bits per heavy atom. The second kappa shape index (κ2) is 8.11. The minimum atomic E-state index is 0.301. The number of nitrogens with one attached hydrogen (secondary N) is 1. The van der Waals surface area contributed by atoms with E-state index in [1.165, 1.54) is 5.56 Å². The molecule has 0 radical (unpaired) electrons. The van der Waals surface area contributed by atoms with E-state index in [1.54, 1.807) is 0 Å². The molecule has 0 aliphatic carbocycles. The van der Waals surface area contributed by atoms with Crippen LogP contribution in [0.2, 0.25) is 0 Å². The van der Waals surface area contributed by atoms with E-state index in [9.17, 15) is 0 Å². The SMILES string of the molecule is C[C@@H](NCCCC/C(N)=N/O)c1cccc(Br)c1. The number of nitrogens with two attached hydrogens (primary N) is 1. The zero-order valence-electron chi connectivity index (χ0n) is 10.6. The van der Waals surface area contributed by atoms with Crippen LogP contribution >= 0.6 is 15.9 Å². The fourth-order valence-electron chi connectivity index (χ4n) is 1.69. The van der Waals surface area contributed by atoms with Gasteiger partial charge in [0.15, 0.2) is 0 Å². The highest BCUT2D eigenvalue weighted by molar-refractivity contribution is 9.10. The Morgan fingerprint density at radius 2 is 2.28 bits per heavy atom. The van der Waals surface area contributed by atoms with Crippen molar-refractivity contribution in [1.82, 2.24) is 5.32 Å². The number of hydrogen-bond donors (Lipinski definition) is 3. The average Bonchev–Trinajstić information content (AvgIpc) is 2.37. The number of unbranched alkanes of at least 4 members (excludes halogenated alkanes) is 1. The minimum absolute atomic E-state index is 0.301. The van der Waals surface area contributed by atoms with Gasteiger partial charge < -0.3 is 16.3 Å². The van der Waals surface area contributed by atoms with Gasteiger partial charge in [0, 0.05) is 16.9 Å². The summed E-state index contributed by atoms with van der Waals surface area (Å²) < 4.78 is 1.10. The van der Waals surface area contributed by atoms with Crippen molar-refractivity contribution in [3.8, 4) is 0 Å². The van der Waals surface area contributed by atoms with Crippen LogP contribution in [0.4, 0.5) is 0 Å². The van der Waals surface area contributed by atoms with Crippen molar-refractivity contribution in [1.29, 1.82) is 0 Å². The molecule has 100 valence electrons. The molecule has 1 rings (SSSR count). The molecule has 1 aromatic rings. The van der Waals surface area contributed by atoms with Gasteiger partial charge in [0.25, 0.3) is 0 Å². The summed E-state index contributed by atoms with van der Waals surface area (Å²) in [6.45, 7) is 3.07. The maximum absolute atomic E-state index is 8.40. The van der Waals surface area contributed by atoms with E-state index >= 15 is 0 Å². The third-order valence-electron chi connectivity index (χ3n) is 2.79. The number of rotatable bonds is 7. The molecule has 0 amide bonds. The van der Waals surface area contributed by atoms with Gasteiger partial charge in [-0.3, -0.25) is 0 Å². The lowest BCUT2D eigenvalue weighted by molar-refractivity contribution is 0.316. The van der Waals surface area contributed by atoms with Crippen LogP contribution in [-0.2, 0) is 0 Å². The number of hydrogen-bond acceptors (Lipinski definition) is 3. The number of oxime groups is 1. The predicted molar refractivity (Wildman–Crippen MR) is 77.8 cm³/mol. The van der Waals surface area contributed by atoms with Gasteiger partial charge >= 0.3 is 0 Å². The van der Waals surface area contributed by atoms with Gasteiger partial charge in [-0.2, -0.15) is 0 Å². The van der Waals surface area contributed by atoms with Gasteiger partial charge in [-0.15, -0.1) is 0 Å². The van der Waals surface area contributed by atoms with Crippen molar-refractivity contribution in [2.45, 2.75) is 32.2 Å². The molecule has 18 heavy (non-hydrogen) atoms. The van der Waals surface area contributed by atoms with E-state index in [2.05, 4.69) is 45.5 Å². The summed E-state index contributed by atoms with van der Waals surface area (Å²) >= 11 is 3.47. The van der Waals surface area contributed by atoms with Gasteiger partial charge in [0.2, 0.25) is 0 Å². The van der Waals surface area contributed by atoms with E-state index in [0.29, 0.717) is 18.3 Å². The summed E-state index contributed by atoms with van der Waals surface area (Å²) in [7, 11) is 0. The van der Waals surface area contributed by atoms with Crippen LogP contribution in [0, 0.1) is 0 Å². The topological polar surface area (TPSA) is 70.6 Å². The van der Waals surface area contributed by atoms with Crippen molar-refractivity contribution in [2.75, 3.05) is 6.54 Å². The molecule has 0 fully saturated rings. The summed E-state index contributed by atoms with van der Waals surface area (Å²) in [5.74, 6) is 0.301. The van der Waals surface area contributed by atoms with Crippen LogP contribution in [0.15, 0.2) is 33.9 Å². The molecule has 0 aliphatic rings. The molecule has 0 saturated carbocycles. The Bertz CT molecular complexity index is 396. The molecule has 4 N–H and O–H groups in total. The first-order chi connectivity index (χ1) is 8.63. The van der Waals surface area contributed by atoms with E-state index in [-0.39, 0.29) is 0 Å². The molecule has 0 aliphatic heterocycles. The number of benzene rings is 1. The fourth-order valence-corrected chi connectivity index (χ4v) is 2.11. The summed E-state index contributed by atoms with van der Waals surface area (Å²) in [4.78, 5) is 0. The lowest BCUT2D eigenvalue weighted by Gasteiger charge is -2.14. The van der Waals surface area contributed by atoms with E-state index in [4.69, 9.17) is 10.9 Å². The largest absolute Gasteiger partial charge is 0.409 e. The molecule has 4 nitrogen and oxygen atoms in total. The standard InChI is InChI=1S/C13H20BrN3O/c1-10(11-5-4-6-12(14)9-11)16-8-3-2-7-13(15)17-18/h4-6,9-10,16,18H,2-3,7-8H2,1H3,(H2,15,17)/t10-/m1/s1. The van der Waals surface area contributed by atoms with Crippen molar-refractivity contribution < 1.29 is 5.21 Å². The van der Waals surface area contributed by atoms with Gasteiger partial charge in [-0.1, -0.05) is 33.2 Å². The monoisotopic (exact) mass is 313 g/mol. The predicted octanol–water partition coefficient (Wildman–Crippen LogP) is 3.02. The molecule has 1 aromatic carbocycles. The Labute approximate surface area is 116 Å². The Hall–Kier alpha value is -1.07. The van der Waals surface area contributed by atoms with Crippen molar-refractivity contribution in [3.05, 3.63) is 34.3 Å². The molecule has 0 spiro atoms. The molecule has 0 unspecified atom stereocenters. The Balaban J connectivity index is 2.23. The smallest absolute Gasteiger partial charge is 0.139 e. The van der Waals surface area contributed by atoms with Gasteiger partial charge in [-0.25, -0.2) is 0 Å². The molecule has 0 bridgehead atoms. The molecule has 0 aromatic heterocycles. The first-order valence-corrected chi connectivity index (χ1v) is 6.88. The second-order valence-corrected chi connectivity index (χ2v) is 5.19. The van der Waals surface area contributed by atoms with Gasteiger partial charge in [-0.05, 0) is 44.0 Å². The zero-order valence-corrected chi connectivity index (χ0v) is 12.2. The Morgan fingerprint density at radius 3 is 2.94 bits per heavy atom. The maximum Gasteiger partial charge on any atom is 0.139 e. The molecule has 0 saturated heterocycles. The second-order valence-electron chi connectivity index (χ2n) is 4.28. The van der Waals surface area contributed by atoms with Crippen LogP contribution in [0.1, 0.15) is 37.8 Å². The normalized spacial score (nSPS) is 13.6. The fraction of sp³-hybridized carbons (Fsp3) is 0.462. The first kappa shape index (κ1) is 15.0. The van der Waals surface area contributed by atoms with Crippen LogP contribution in [-0.4, -0.2) is 17.6 Å². The van der Waals surface area contributed by atoms with Gasteiger partial charge in [0.1, 0.15) is 5.84 Å². The summed E-state index contributed by atoms with van der Waals surface area (Å²) in [6, 6.07) is 8.61. The molecule has 1 atom stereocenters. The van der Waals surface area contributed by atoms with Crippen molar-refractivity contribution in [3.63, 3.8) is 0 Å². The number of amidine groups is 1. The van der Waals surface area contributed by atoms with Crippen molar-refractivity contribution in [2.24, 2.45) is 10.9 Å². The summed E-state index contributed by atoms with van der Waals surface area (Å²) in [5, 5.41) is 14.8. The minimum Gasteiger partial charge on any atom is -0.409 e. The van der Waals surface area contributed by atoms with Crippen LogP contribution in [0.25, 0.3) is 0 Å². The molecule has 5 heteroatoms. The lowest BCUT2D eigenvalue weighted by Crippen LogP contribution is -2.20. The summed E-state index contributed by atoms with van der Waals surface area (Å²) in [5.41, 5.74) is 6.66. The Kier molecular flexibility index (Phi) is 6.75. The van der Waals surface area contributed by atoms with Crippen LogP contribution < -0.4 is 11.1 Å². The van der Waals surface area contributed by atoms with E-state index in [1.807, 2.05) is 12.1 Å².